The number of rotatable bonds is 3. The molecule has 0 saturated carbocycles. The molecule has 2 aromatic rings. The van der Waals surface area contributed by atoms with Crippen molar-refractivity contribution in [2.24, 2.45) is 11.5 Å². The van der Waals surface area contributed by atoms with Gasteiger partial charge in [0.2, 0.25) is 5.91 Å². The summed E-state index contributed by atoms with van der Waals surface area (Å²) < 4.78 is 1.98. The maximum atomic E-state index is 11.5. The van der Waals surface area contributed by atoms with E-state index in [2.05, 4.69) is 4.98 Å². The first-order valence-corrected chi connectivity index (χ1v) is 6.80. The molecule has 2 aromatic heterocycles. The largest absolute Gasteiger partial charge is 0.368 e. The van der Waals surface area contributed by atoms with Gasteiger partial charge in [-0.3, -0.25) is 9.20 Å². The lowest BCUT2D eigenvalue weighted by molar-refractivity contribution is -0.119. The molecule has 1 aliphatic rings. The van der Waals surface area contributed by atoms with Crippen LogP contribution in [0, 0.1) is 0 Å². The van der Waals surface area contributed by atoms with Crippen LogP contribution >= 0.6 is 11.3 Å². The number of aromatic nitrogens is 2. The van der Waals surface area contributed by atoms with Crippen molar-refractivity contribution < 1.29 is 4.79 Å². The Labute approximate surface area is 108 Å². The number of hydrogen-bond donors (Lipinski definition) is 2. The minimum atomic E-state index is -0.285. The molecule has 3 rings (SSSR count). The number of fused-ring (bicyclic) bond motifs is 1. The number of imidazole rings is 1. The fourth-order valence-corrected chi connectivity index (χ4v) is 3.28. The summed E-state index contributed by atoms with van der Waals surface area (Å²) >= 11 is 1.56. The zero-order valence-electron chi connectivity index (χ0n) is 9.87. The van der Waals surface area contributed by atoms with E-state index < -0.39 is 0 Å². The molecule has 1 atom stereocenters. The van der Waals surface area contributed by atoms with Crippen molar-refractivity contribution in [2.75, 3.05) is 11.4 Å². The number of anilines is 1. The Morgan fingerprint density at radius 2 is 2.44 bits per heavy atom. The summed E-state index contributed by atoms with van der Waals surface area (Å²) in [4.78, 5) is 18.9. The van der Waals surface area contributed by atoms with Gasteiger partial charge in [-0.25, -0.2) is 4.98 Å². The number of carbonyl (C=O) groups excluding carboxylic acids is 1. The van der Waals surface area contributed by atoms with Gasteiger partial charge in [-0.05, 0) is 12.8 Å². The van der Waals surface area contributed by atoms with Gasteiger partial charge >= 0.3 is 0 Å². The van der Waals surface area contributed by atoms with E-state index in [1.54, 1.807) is 11.3 Å². The van der Waals surface area contributed by atoms with Crippen LogP contribution in [0.3, 0.4) is 0 Å². The third-order valence-corrected chi connectivity index (χ3v) is 4.14. The molecule has 0 aromatic carbocycles. The lowest BCUT2D eigenvalue weighted by Gasteiger charge is -2.22. The van der Waals surface area contributed by atoms with Gasteiger partial charge < -0.3 is 16.4 Å². The highest BCUT2D eigenvalue weighted by Crippen LogP contribution is 2.30. The van der Waals surface area contributed by atoms with E-state index in [0.29, 0.717) is 6.54 Å². The summed E-state index contributed by atoms with van der Waals surface area (Å²) in [7, 11) is 0. The van der Waals surface area contributed by atoms with E-state index in [1.807, 2.05) is 20.9 Å². The Bertz CT molecular complexity index is 589. The molecule has 4 N–H and O–H groups in total. The lowest BCUT2D eigenvalue weighted by Crippen LogP contribution is -2.41. The van der Waals surface area contributed by atoms with Crippen LogP contribution < -0.4 is 16.4 Å². The normalized spacial score (nSPS) is 19.8. The van der Waals surface area contributed by atoms with Crippen LogP contribution in [0.4, 0.5) is 5.82 Å². The maximum absolute atomic E-state index is 11.5. The second kappa shape index (κ2) is 4.25. The molecule has 1 saturated heterocycles. The molecule has 1 unspecified atom stereocenters. The molecule has 1 amide bonds. The highest BCUT2D eigenvalue weighted by atomic mass is 32.1. The van der Waals surface area contributed by atoms with Gasteiger partial charge in [0.05, 0.1) is 5.69 Å². The highest BCUT2D eigenvalue weighted by molar-refractivity contribution is 7.15. The van der Waals surface area contributed by atoms with Gasteiger partial charge in [-0.1, -0.05) is 0 Å². The molecule has 6 nitrogen and oxygen atoms in total. The van der Waals surface area contributed by atoms with E-state index in [0.717, 1.165) is 35.9 Å². The van der Waals surface area contributed by atoms with Crippen LogP contribution in [0.2, 0.25) is 0 Å². The summed E-state index contributed by atoms with van der Waals surface area (Å²) in [6.07, 6.45) is 3.71. The SMILES string of the molecule is NCc1c(N2CCCC2C(N)=O)nc2sccn12. The fourth-order valence-electron chi connectivity index (χ4n) is 2.56. The lowest BCUT2D eigenvalue weighted by atomic mass is 10.2. The van der Waals surface area contributed by atoms with Crippen molar-refractivity contribution in [2.45, 2.75) is 25.4 Å². The third-order valence-electron chi connectivity index (χ3n) is 3.39. The van der Waals surface area contributed by atoms with Gasteiger partial charge in [0.15, 0.2) is 10.8 Å². The van der Waals surface area contributed by atoms with Crippen molar-refractivity contribution in [1.29, 1.82) is 0 Å². The Balaban J connectivity index is 2.07. The minimum absolute atomic E-state index is 0.250. The van der Waals surface area contributed by atoms with Crippen LogP contribution in [-0.2, 0) is 11.3 Å². The van der Waals surface area contributed by atoms with Gasteiger partial charge in [-0.2, -0.15) is 0 Å². The number of thiazole rings is 1. The molecule has 1 aliphatic heterocycles. The molecular weight excluding hydrogens is 250 g/mol. The Morgan fingerprint density at radius 3 is 3.17 bits per heavy atom. The van der Waals surface area contributed by atoms with E-state index >= 15 is 0 Å². The summed E-state index contributed by atoms with van der Waals surface area (Å²) in [5.74, 6) is 0.525. The summed E-state index contributed by atoms with van der Waals surface area (Å²) in [5.41, 5.74) is 12.2. The van der Waals surface area contributed by atoms with E-state index in [9.17, 15) is 4.79 Å². The fraction of sp³-hybridized carbons (Fsp3) is 0.455. The molecule has 18 heavy (non-hydrogen) atoms. The Morgan fingerprint density at radius 1 is 1.61 bits per heavy atom. The first-order valence-electron chi connectivity index (χ1n) is 5.93. The number of primary amides is 1. The average molecular weight is 265 g/mol. The van der Waals surface area contributed by atoms with E-state index in [1.165, 1.54) is 0 Å². The molecule has 7 heteroatoms. The second-order valence-corrected chi connectivity index (χ2v) is 5.27. The molecule has 0 bridgehead atoms. The molecule has 0 spiro atoms. The molecular formula is C11H15N5OS. The molecule has 0 aliphatic carbocycles. The minimum Gasteiger partial charge on any atom is -0.368 e. The predicted octanol–water partition coefficient (Wildman–Crippen LogP) is 0.309. The number of hydrogen-bond acceptors (Lipinski definition) is 5. The average Bonchev–Trinajstić information content (AvgIpc) is 3.02. The number of amides is 1. The van der Waals surface area contributed by atoms with Crippen molar-refractivity contribution >= 4 is 28.0 Å². The Hall–Kier alpha value is -1.60. The number of nitrogens with two attached hydrogens (primary N) is 2. The smallest absolute Gasteiger partial charge is 0.240 e. The van der Waals surface area contributed by atoms with Gasteiger partial charge in [0.1, 0.15) is 6.04 Å². The zero-order chi connectivity index (χ0) is 12.7. The topological polar surface area (TPSA) is 89.6 Å². The van der Waals surface area contributed by atoms with Crippen molar-refractivity contribution in [3.8, 4) is 0 Å². The summed E-state index contributed by atoms with van der Waals surface area (Å²) in [6.45, 7) is 1.21. The zero-order valence-corrected chi connectivity index (χ0v) is 10.7. The van der Waals surface area contributed by atoms with Gasteiger partial charge in [0.25, 0.3) is 0 Å². The summed E-state index contributed by atoms with van der Waals surface area (Å²) in [6, 6.07) is -0.250. The van der Waals surface area contributed by atoms with Crippen molar-refractivity contribution in [3.05, 3.63) is 17.3 Å². The van der Waals surface area contributed by atoms with Crippen molar-refractivity contribution in [3.63, 3.8) is 0 Å². The van der Waals surface area contributed by atoms with Crippen LogP contribution in [0.15, 0.2) is 11.6 Å². The first kappa shape index (κ1) is 11.5. The van der Waals surface area contributed by atoms with E-state index in [-0.39, 0.29) is 11.9 Å². The molecule has 3 heterocycles. The standard InChI is InChI=1S/C11H15N5OS/c12-6-8-10(14-11-16(8)4-5-18-11)15-3-1-2-7(15)9(13)17/h4-5,7H,1-3,6,12H2,(H2,13,17). The quantitative estimate of drug-likeness (QED) is 0.835. The summed E-state index contributed by atoms with van der Waals surface area (Å²) in [5, 5.41) is 1.97. The first-order chi connectivity index (χ1) is 8.72. The van der Waals surface area contributed by atoms with Crippen LogP contribution in [0.1, 0.15) is 18.5 Å². The number of carbonyl (C=O) groups is 1. The number of nitrogens with zero attached hydrogens (tertiary/aromatic N) is 3. The van der Waals surface area contributed by atoms with Crippen molar-refractivity contribution in [1.82, 2.24) is 9.38 Å². The Kier molecular flexibility index (Phi) is 2.71. The third kappa shape index (κ3) is 1.58. The molecule has 0 radical (unpaired) electrons. The maximum Gasteiger partial charge on any atom is 0.240 e. The second-order valence-electron chi connectivity index (χ2n) is 4.40. The van der Waals surface area contributed by atoms with E-state index in [4.69, 9.17) is 11.5 Å². The van der Waals surface area contributed by atoms with Gasteiger partial charge in [0, 0.05) is 24.7 Å². The monoisotopic (exact) mass is 265 g/mol. The molecule has 96 valence electrons. The van der Waals surface area contributed by atoms with Crippen LogP contribution in [0.5, 0.6) is 0 Å². The molecule has 1 fully saturated rings. The van der Waals surface area contributed by atoms with Crippen LogP contribution in [0.25, 0.3) is 4.96 Å². The highest BCUT2D eigenvalue weighted by Gasteiger charge is 2.32. The van der Waals surface area contributed by atoms with Gasteiger partial charge in [-0.15, -0.1) is 11.3 Å². The van der Waals surface area contributed by atoms with Crippen LogP contribution in [-0.4, -0.2) is 27.9 Å². The predicted molar refractivity (Wildman–Crippen MR) is 70.5 cm³/mol.